The van der Waals surface area contributed by atoms with Crippen molar-refractivity contribution in [2.45, 2.75) is 27.7 Å². The molecule has 0 aromatic carbocycles. The lowest BCUT2D eigenvalue weighted by atomic mass is 10.1. The molecule has 0 saturated heterocycles. The molecule has 0 bridgehead atoms. The maximum atomic E-state index is 12.5. The van der Waals surface area contributed by atoms with Gasteiger partial charge in [0.2, 0.25) is 0 Å². The minimum atomic E-state index is 0.133. The highest BCUT2D eigenvalue weighted by molar-refractivity contribution is 9.13. The second-order valence-electron chi connectivity index (χ2n) is 5.23. The lowest BCUT2D eigenvalue weighted by Crippen LogP contribution is -2.36. The monoisotopic (exact) mass is 395 g/mol. The van der Waals surface area contributed by atoms with Gasteiger partial charge in [0, 0.05) is 17.6 Å². The van der Waals surface area contributed by atoms with Crippen LogP contribution in [0.25, 0.3) is 0 Å². The maximum absolute atomic E-state index is 12.5. The number of amides is 1. The average molecular weight is 397 g/mol. The molecule has 0 aliphatic carbocycles. The first-order valence-electron chi connectivity index (χ1n) is 6.05. The van der Waals surface area contributed by atoms with Crippen LogP contribution in [0.3, 0.4) is 0 Å². The molecule has 5 heteroatoms. The molecular formula is C13H19Br2NOS. The van der Waals surface area contributed by atoms with Crippen molar-refractivity contribution in [3.63, 3.8) is 0 Å². The van der Waals surface area contributed by atoms with Crippen LogP contribution in [0.4, 0.5) is 0 Å². The highest BCUT2D eigenvalue weighted by Crippen LogP contribution is 2.33. The van der Waals surface area contributed by atoms with E-state index < -0.39 is 0 Å². The summed E-state index contributed by atoms with van der Waals surface area (Å²) in [5, 5.41) is 0. The summed E-state index contributed by atoms with van der Waals surface area (Å²) in [6.07, 6.45) is 0. The van der Waals surface area contributed by atoms with Crippen molar-refractivity contribution in [1.29, 1.82) is 0 Å². The van der Waals surface area contributed by atoms with Crippen molar-refractivity contribution in [2.24, 2.45) is 11.8 Å². The van der Waals surface area contributed by atoms with Gasteiger partial charge in [-0.1, -0.05) is 27.7 Å². The highest BCUT2D eigenvalue weighted by atomic mass is 79.9. The van der Waals surface area contributed by atoms with Gasteiger partial charge in [0.05, 0.1) is 8.66 Å². The summed E-state index contributed by atoms with van der Waals surface area (Å²) in [6, 6.07) is 1.89. The Labute approximate surface area is 130 Å². The Morgan fingerprint density at radius 2 is 1.72 bits per heavy atom. The third-order valence-corrected chi connectivity index (χ3v) is 5.56. The van der Waals surface area contributed by atoms with E-state index in [1.54, 1.807) is 0 Å². The van der Waals surface area contributed by atoms with Crippen LogP contribution >= 0.6 is 43.2 Å². The van der Waals surface area contributed by atoms with Crippen LogP contribution in [0, 0.1) is 11.8 Å². The van der Waals surface area contributed by atoms with Crippen molar-refractivity contribution < 1.29 is 4.79 Å². The minimum Gasteiger partial charge on any atom is -0.337 e. The van der Waals surface area contributed by atoms with Crippen LogP contribution in [0.1, 0.15) is 37.4 Å². The van der Waals surface area contributed by atoms with E-state index in [4.69, 9.17) is 0 Å². The lowest BCUT2D eigenvalue weighted by Gasteiger charge is -2.25. The molecule has 18 heavy (non-hydrogen) atoms. The van der Waals surface area contributed by atoms with Gasteiger partial charge in [-0.2, -0.15) is 0 Å². The zero-order valence-electron chi connectivity index (χ0n) is 11.2. The van der Waals surface area contributed by atoms with E-state index >= 15 is 0 Å². The average Bonchev–Trinajstić information content (AvgIpc) is 2.56. The van der Waals surface area contributed by atoms with Crippen molar-refractivity contribution in [1.82, 2.24) is 4.90 Å². The molecule has 0 aliphatic rings. The van der Waals surface area contributed by atoms with Crippen LogP contribution < -0.4 is 0 Å². The Morgan fingerprint density at radius 1 is 1.22 bits per heavy atom. The number of nitrogens with zero attached hydrogens (tertiary/aromatic N) is 1. The first-order valence-corrected chi connectivity index (χ1v) is 8.45. The number of hydrogen-bond donors (Lipinski definition) is 0. The van der Waals surface area contributed by atoms with Crippen molar-refractivity contribution in [3.05, 3.63) is 19.2 Å². The number of carbonyl (C=O) groups excluding carboxylic acids is 1. The van der Waals surface area contributed by atoms with Gasteiger partial charge >= 0.3 is 0 Å². The molecule has 1 aromatic heterocycles. The van der Waals surface area contributed by atoms with Gasteiger partial charge in [-0.3, -0.25) is 4.79 Å². The van der Waals surface area contributed by atoms with E-state index in [-0.39, 0.29) is 5.91 Å². The molecule has 0 unspecified atom stereocenters. The third-order valence-electron chi connectivity index (χ3n) is 2.31. The molecule has 102 valence electrons. The molecule has 1 heterocycles. The molecule has 0 fully saturated rings. The zero-order chi connectivity index (χ0) is 13.9. The number of rotatable bonds is 5. The van der Waals surface area contributed by atoms with Crippen LogP contribution in [-0.4, -0.2) is 23.9 Å². The molecule has 2 nitrogen and oxygen atoms in total. The maximum Gasteiger partial charge on any atom is 0.264 e. The molecule has 0 radical (unpaired) electrons. The van der Waals surface area contributed by atoms with E-state index in [1.807, 2.05) is 11.0 Å². The van der Waals surface area contributed by atoms with Gasteiger partial charge in [-0.15, -0.1) is 11.3 Å². The molecule has 0 N–H and O–H groups in total. The lowest BCUT2D eigenvalue weighted by molar-refractivity contribution is 0.0720. The summed E-state index contributed by atoms with van der Waals surface area (Å²) in [5.41, 5.74) is 0. The molecule has 0 saturated carbocycles. The Kier molecular flexibility index (Phi) is 6.35. The molecule has 1 aromatic rings. The van der Waals surface area contributed by atoms with Gasteiger partial charge in [0.15, 0.2) is 0 Å². The zero-order valence-corrected chi connectivity index (χ0v) is 15.2. The van der Waals surface area contributed by atoms with Crippen molar-refractivity contribution in [3.8, 4) is 0 Å². The summed E-state index contributed by atoms with van der Waals surface area (Å²) in [6.45, 7) is 10.2. The van der Waals surface area contributed by atoms with E-state index in [9.17, 15) is 4.79 Å². The van der Waals surface area contributed by atoms with Gasteiger partial charge in [-0.25, -0.2) is 0 Å². The normalized spacial score (nSPS) is 11.3. The van der Waals surface area contributed by atoms with Crippen LogP contribution in [0.15, 0.2) is 14.3 Å². The quantitative estimate of drug-likeness (QED) is 0.683. The van der Waals surface area contributed by atoms with Crippen LogP contribution in [0.5, 0.6) is 0 Å². The van der Waals surface area contributed by atoms with E-state index in [1.165, 1.54) is 11.3 Å². The first kappa shape index (κ1) is 16.2. The third kappa shape index (κ3) is 4.67. The fourth-order valence-electron chi connectivity index (χ4n) is 1.73. The predicted octanol–water partition coefficient (Wildman–Crippen LogP) is 5.03. The van der Waals surface area contributed by atoms with E-state index in [2.05, 4.69) is 59.6 Å². The van der Waals surface area contributed by atoms with E-state index in [0.29, 0.717) is 11.8 Å². The summed E-state index contributed by atoms with van der Waals surface area (Å²) in [7, 11) is 0. The number of thiophene rings is 1. The molecule has 0 spiro atoms. The van der Waals surface area contributed by atoms with Crippen LogP contribution in [-0.2, 0) is 0 Å². The van der Waals surface area contributed by atoms with Gasteiger partial charge in [0.1, 0.15) is 0 Å². The number of hydrogen-bond acceptors (Lipinski definition) is 2. The van der Waals surface area contributed by atoms with Crippen LogP contribution in [0.2, 0.25) is 0 Å². The second kappa shape index (κ2) is 7.06. The molecule has 1 rings (SSSR count). The topological polar surface area (TPSA) is 20.3 Å². The molecule has 0 aliphatic heterocycles. The van der Waals surface area contributed by atoms with Crippen molar-refractivity contribution >= 4 is 49.1 Å². The fourth-order valence-corrected chi connectivity index (χ4v) is 3.73. The number of halogens is 2. The Bertz CT molecular complexity index is 386. The second-order valence-corrected chi connectivity index (χ2v) is 8.45. The van der Waals surface area contributed by atoms with Gasteiger partial charge in [-0.05, 0) is 49.8 Å². The van der Waals surface area contributed by atoms with Crippen molar-refractivity contribution in [2.75, 3.05) is 13.1 Å². The van der Waals surface area contributed by atoms with Gasteiger partial charge < -0.3 is 4.90 Å². The standard InChI is InChI=1S/C13H19Br2NOS/c1-8(2)6-16(7-9(3)4)13(17)11-5-10(14)12(15)18-11/h5,8-9H,6-7H2,1-4H3. The number of carbonyl (C=O) groups is 1. The summed E-state index contributed by atoms with van der Waals surface area (Å²) < 4.78 is 1.92. The largest absolute Gasteiger partial charge is 0.337 e. The Balaban J connectivity index is 2.87. The fraction of sp³-hybridized carbons (Fsp3) is 0.615. The smallest absolute Gasteiger partial charge is 0.264 e. The highest BCUT2D eigenvalue weighted by Gasteiger charge is 2.20. The van der Waals surface area contributed by atoms with E-state index in [0.717, 1.165) is 26.2 Å². The predicted molar refractivity (Wildman–Crippen MR) is 85.3 cm³/mol. The molecular weight excluding hydrogens is 378 g/mol. The van der Waals surface area contributed by atoms with Gasteiger partial charge in [0.25, 0.3) is 5.91 Å². The summed E-state index contributed by atoms with van der Waals surface area (Å²) >= 11 is 8.35. The summed E-state index contributed by atoms with van der Waals surface area (Å²) in [5.74, 6) is 1.10. The minimum absolute atomic E-state index is 0.133. The Morgan fingerprint density at radius 3 is 2.06 bits per heavy atom. The molecule has 0 atom stereocenters. The first-order chi connectivity index (χ1) is 8.31. The molecule has 1 amide bonds. The Hall–Kier alpha value is 0.130. The summed E-state index contributed by atoms with van der Waals surface area (Å²) in [4.78, 5) is 15.2. The SMILES string of the molecule is CC(C)CN(CC(C)C)C(=O)c1cc(Br)c(Br)s1.